The monoisotopic (exact) mass is 329 g/mol. The van der Waals surface area contributed by atoms with E-state index in [1.165, 1.54) is 0 Å². The second kappa shape index (κ2) is 6.58. The molecule has 1 aliphatic heterocycles. The van der Waals surface area contributed by atoms with Crippen LogP contribution in [0.15, 0.2) is 24.4 Å². The van der Waals surface area contributed by atoms with Gasteiger partial charge in [0.25, 0.3) is 0 Å². The number of ether oxygens (including phenoxy) is 3. The number of hydrogen-bond acceptors (Lipinski definition) is 6. The molecule has 24 heavy (non-hydrogen) atoms. The Bertz CT molecular complexity index is 828. The molecule has 0 saturated carbocycles. The van der Waals surface area contributed by atoms with E-state index in [1.807, 2.05) is 25.1 Å². The average molecular weight is 329 g/mol. The van der Waals surface area contributed by atoms with Crippen molar-refractivity contribution in [1.82, 2.24) is 25.2 Å². The summed E-state index contributed by atoms with van der Waals surface area (Å²) in [5, 5.41) is 17.1. The third kappa shape index (κ3) is 3.10. The van der Waals surface area contributed by atoms with Crippen molar-refractivity contribution in [3.05, 3.63) is 24.4 Å². The maximum absolute atomic E-state index is 5.93. The van der Waals surface area contributed by atoms with Crippen LogP contribution in [0.4, 0.5) is 0 Å². The number of H-pyrrole nitrogens is 1. The number of fused-ring (bicyclic) bond motifs is 4. The van der Waals surface area contributed by atoms with E-state index in [-0.39, 0.29) is 6.10 Å². The molecule has 0 aliphatic carbocycles. The highest BCUT2D eigenvalue weighted by Crippen LogP contribution is 2.28. The second-order valence-corrected chi connectivity index (χ2v) is 5.72. The second-order valence-electron chi connectivity index (χ2n) is 5.72. The minimum absolute atomic E-state index is 0.0495. The van der Waals surface area contributed by atoms with Gasteiger partial charge in [-0.25, -0.2) is 0 Å². The van der Waals surface area contributed by atoms with Gasteiger partial charge in [-0.2, -0.15) is 20.1 Å². The van der Waals surface area contributed by atoms with Crippen molar-refractivity contribution in [3.8, 4) is 17.1 Å². The van der Waals surface area contributed by atoms with E-state index in [2.05, 4.69) is 20.4 Å². The van der Waals surface area contributed by atoms with Gasteiger partial charge in [0.15, 0.2) is 0 Å². The zero-order valence-corrected chi connectivity index (χ0v) is 13.4. The minimum Gasteiger partial charge on any atom is -0.488 e. The lowest BCUT2D eigenvalue weighted by Crippen LogP contribution is -2.21. The lowest BCUT2D eigenvalue weighted by atomic mass is 10.1. The van der Waals surface area contributed by atoms with Crippen LogP contribution in [0.3, 0.4) is 0 Å². The van der Waals surface area contributed by atoms with E-state index in [0.29, 0.717) is 33.0 Å². The Morgan fingerprint density at radius 3 is 3.08 bits per heavy atom. The predicted octanol–water partition coefficient (Wildman–Crippen LogP) is 1.64. The number of aromatic nitrogens is 5. The molecule has 0 radical (unpaired) electrons. The van der Waals surface area contributed by atoms with E-state index < -0.39 is 0 Å². The van der Waals surface area contributed by atoms with Crippen molar-refractivity contribution in [1.29, 1.82) is 0 Å². The molecule has 3 aromatic rings. The maximum Gasteiger partial charge on any atom is 0.133 e. The van der Waals surface area contributed by atoms with Crippen molar-refractivity contribution in [3.63, 3.8) is 0 Å². The van der Waals surface area contributed by atoms with Crippen LogP contribution in [-0.2, 0) is 16.0 Å². The molecule has 8 heteroatoms. The molecule has 0 saturated heterocycles. The Morgan fingerprint density at radius 1 is 1.21 bits per heavy atom. The number of benzene rings is 1. The van der Waals surface area contributed by atoms with Gasteiger partial charge in [-0.05, 0) is 25.1 Å². The summed E-state index contributed by atoms with van der Waals surface area (Å²) in [4.78, 5) is 1.62. The summed E-state index contributed by atoms with van der Waals surface area (Å²) in [7, 11) is 0. The quantitative estimate of drug-likeness (QED) is 0.674. The smallest absolute Gasteiger partial charge is 0.133 e. The lowest BCUT2D eigenvalue weighted by Gasteiger charge is -2.15. The fraction of sp³-hybridized carbons (Fsp3) is 0.438. The Morgan fingerprint density at radius 2 is 2.12 bits per heavy atom. The molecule has 3 heterocycles. The van der Waals surface area contributed by atoms with Gasteiger partial charge in [0, 0.05) is 5.39 Å². The predicted molar refractivity (Wildman–Crippen MR) is 86.8 cm³/mol. The van der Waals surface area contributed by atoms with Gasteiger partial charge in [-0.15, -0.1) is 0 Å². The van der Waals surface area contributed by atoms with Gasteiger partial charge >= 0.3 is 0 Å². The van der Waals surface area contributed by atoms with E-state index >= 15 is 0 Å². The summed E-state index contributed by atoms with van der Waals surface area (Å²) in [6.07, 6.45) is 1.67. The highest BCUT2D eigenvalue weighted by atomic mass is 16.5. The van der Waals surface area contributed by atoms with E-state index in [9.17, 15) is 0 Å². The Kier molecular flexibility index (Phi) is 4.14. The molecular weight excluding hydrogens is 310 g/mol. The van der Waals surface area contributed by atoms with Crippen LogP contribution in [-0.4, -0.2) is 57.7 Å². The van der Waals surface area contributed by atoms with Gasteiger partial charge in [0.05, 0.1) is 44.7 Å². The maximum atomic E-state index is 5.93. The van der Waals surface area contributed by atoms with Gasteiger partial charge in [-0.3, -0.25) is 5.10 Å². The molecule has 1 aromatic carbocycles. The molecule has 8 nitrogen and oxygen atoms in total. The Hall–Kier alpha value is -2.45. The first-order chi connectivity index (χ1) is 11.8. The van der Waals surface area contributed by atoms with Crippen molar-refractivity contribution in [2.75, 3.05) is 26.4 Å². The largest absolute Gasteiger partial charge is 0.488 e. The summed E-state index contributed by atoms with van der Waals surface area (Å²) in [6, 6.07) is 5.85. The topological polar surface area (TPSA) is 87.1 Å². The molecule has 0 unspecified atom stereocenters. The van der Waals surface area contributed by atoms with Crippen molar-refractivity contribution >= 4 is 10.9 Å². The summed E-state index contributed by atoms with van der Waals surface area (Å²) in [5.74, 6) is 0.775. The first kappa shape index (κ1) is 15.1. The summed E-state index contributed by atoms with van der Waals surface area (Å²) in [6.45, 7) is 4.70. The highest BCUT2D eigenvalue weighted by molar-refractivity contribution is 5.92. The first-order valence-electron chi connectivity index (χ1n) is 8.00. The summed E-state index contributed by atoms with van der Waals surface area (Å²) >= 11 is 0. The average Bonchev–Trinajstić information content (AvgIpc) is 3.19. The molecule has 4 rings (SSSR count). The number of nitrogens with zero attached hydrogens (tertiary/aromatic N) is 4. The number of hydrogen-bond donors (Lipinski definition) is 1. The number of rotatable bonds is 0. The molecule has 0 amide bonds. The molecule has 126 valence electrons. The summed E-state index contributed by atoms with van der Waals surface area (Å²) in [5.41, 5.74) is 2.42. The van der Waals surface area contributed by atoms with E-state index in [1.54, 1.807) is 11.0 Å². The third-order valence-electron chi connectivity index (χ3n) is 3.81. The normalized spacial score (nSPS) is 19.5. The van der Waals surface area contributed by atoms with Crippen LogP contribution < -0.4 is 4.74 Å². The lowest BCUT2D eigenvalue weighted by molar-refractivity contribution is 0.0138. The van der Waals surface area contributed by atoms with Crippen LogP contribution in [0.2, 0.25) is 0 Å². The van der Waals surface area contributed by atoms with Crippen molar-refractivity contribution in [2.45, 2.75) is 19.6 Å². The Labute approximate surface area is 138 Å². The minimum atomic E-state index is -0.0495. The van der Waals surface area contributed by atoms with Gasteiger partial charge in [0.1, 0.15) is 23.2 Å². The molecule has 2 aromatic heterocycles. The van der Waals surface area contributed by atoms with Gasteiger partial charge in [-0.1, -0.05) is 0 Å². The molecule has 0 fully saturated rings. The van der Waals surface area contributed by atoms with E-state index in [4.69, 9.17) is 14.2 Å². The number of nitrogens with one attached hydrogen (secondary N) is 1. The zero-order chi connectivity index (χ0) is 16.4. The fourth-order valence-corrected chi connectivity index (χ4v) is 2.66. The molecule has 1 aliphatic rings. The summed E-state index contributed by atoms with van der Waals surface area (Å²) < 4.78 is 17.0. The standard InChI is InChI=1S/C16H19N5O3/c1-11-10-23-7-6-22-5-4-21-17-9-15(20-21)16-13-8-12(24-11)2-3-14(13)18-19-16/h2-3,8-9,11H,4-7,10H2,1H3,(H,18,19)/t11-/m1/s1. The van der Waals surface area contributed by atoms with Crippen LogP contribution >= 0.6 is 0 Å². The zero-order valence-electron chi connectivity index (χ0n) is 13.4. The van der Waals surface area contributed by atoms with Crippen molar-refractivity contribution in [2.24, 2.45) is 0 Å². The van der Waals surface area contributed by atoms with Crippen LogP contribution in [0.5, 0.6) is 5.75 Å². The molecular formula is C16H19N5O3. The highest BCUT2D eigenvalue weighted by Gasteiger charge is 2.14. The van der Waals surface area contributed by atoms with Crippen LogP contribution in [0, 0.1) is 0 Å². The molecule has 0 spiro atoms. The molecule has 1 atom stereocenters. The Balaban J connectivity index is 1.71. The SMILES string of the molecule is C[C@@H]1COCCOCCn2ncc(n2)-c2n[nH]c3ccc(cc23)O1. The molecule has 1 N–H and O–H groups in total. The van der Waals surface area contributed by atoms with Crippen LogP contribution in [0.1, 0.15) is 6.92 Å². The third-order valence-corrected chi connectivity index (χ3v) is 3.81. The van der Waals surface area contributed by atoms with Crippen molar-refractivity contribution < 1.29 is 14.2 Å². The fourth-order valence-electron chi connectivity index (χ4n) is 2.66. The first-order valence-corrected chi connectivity index (χ1v) is 8.00. The van der Waals surface area contributed by atoms with E-state index in [0.717, 1.165) is 28.0 Å². The van der Waals surface area contributed by atoms with Crippen LogP contribution in [0.25, 0.3) is 22.3 Å². The van der Waals surface area contributed by atoms with Gasteiger partial charge < -0.3 is 14.2 Å². The molecule has 4 bridgehead atoms. The van der Waals surface area contributed by atoms with Gasteiger partial charge in [0.2, 0.25) is 0 Å². The number of aromatic amines is 1.